The first-order valence-electron chi connectivity index (χ1n) is 19.1. The molecule has 42 heavy (non-hydrogen) atoms. The fourth-order valence-electron chi connectivity index (χ4n) is 5.65. The third-order valence-corrected chi connectivity index (χ3v) is 8.52. The van der Waals surface area contributed by atoms with Gasteiger partial charge in [-0.25, -0.2) is 4.79 Å². The molecule has 3 heteroatoms. The standard InChI is InChI=1S/C39H76O3/c1-4-5-6-7-8-9-10-11-12-13-14-15-18-21-24-27-30-33-36-41-39(40)42-37-34-31-28-25-22-19-16-17-20-23-26-29-32-35-38(2)3/h13-14,38H,4-12,15-37H2,1-3H3. The summed E-state index contributed by atoms with van der Waals surface area (Å²) in [7, 11) is 0. The number of carbonyl (C=O) groups is 1. The molecule has 0 saturated heterocycles. The molecule has 0 atom stereocenters. The van der Waals surface area contributed by atoms with Gasteiger partial charge in [0.1, 0.15) is 0 Å². The van der Waals surface area contributed by atoms with Gasteiger partial charge in [-0.3, -0.25) is 0 Å². The zero-order valence-corrected chi connectivity index (χ0v) is 29.1. The molecule has 0 rings (SSSR count). The number of rotatable bonds is 34. The van der Waals surface area contributed by atoms with Crippen molar-refractivity contribution in [3.05, 3.63) is 12.2 Å². The molecule has 0 aliphatic carbocycles. The molecule has 0 spiro atoms. The molecule has 0 unspecified atom stereocenters. The summed E-state index contributed by atoms with van der Waals surface area (Å²) in [5.74, 6) is 0.866. The van der Waals surface area contributed by atoms with E-state index in [4.69, 9.17) is 9.47 Å². The first-order chi connectivity index (χ1) is 20.7. The molecule has 0 aromatic heterocycles. The first kappa shape index (κ1) is 41.0. The van der Waals surface area contributed by atoms with Crippen molar-refractivity contribution < 1.29 is 14.3 Å². The Morgan fingerprint density at radius 1 is 0.452 bits per heavy atom. The van der Waals surface area contributed by atoms with Crippen LogP contribution in [0.15, 0.2) is 12.2 Å². The van der Waals surface area contributed by atoms with Gasteiger partial charge in [0.25, 0.3) is 0 Å². The van der Waals surface area contributed by atoms with Gasteiger partial charge >= 0.3 is 6.16 Å². The molecule has 0 saturated carbocycles. The van der Waals surface area contributed by atoms with E-state index in [0.29, 0.717) is 13.2 Å². The van der Waals surface area contributed by atoms with Gasteiger partial charge in [-0.15, -0.1) is 0 Å². The van der Waals surface area contributed by atoms with Crippen LogP contribution in [0.2, 0.25) is 0 Å². The van der Waals surface area contributed by atoms with Gasteiger partial charge in [-0.1, -0.05) is 187 Å². The lowest BCUT2D eigenvalue weighted by Gasteiger charge is -2.07. The van der Waals surface area contributed by atoms with Gasteiger partial charge in [0.15, 0.2) is 0 Å². The number of hydrogen-bond acceptors (Lipinski definition) is 3. The predicted octanol–water partition coefficient (Wildman–Crippen LogP) is 14.1. The highest BCUT2D eigenvalue weighted by atomic mass is 16.7. The van der Waals surface area contributed by atoms with Crippen molar-refractivity contribution in [3.8, 4) is 0 Å². The van der Waals surface area contributed by atoms with E-state index in [0.717, 1.165) is 31.6 Å². The summed E-state index contributed by atoms with van der Waals surface area (Å²) in [6, 6.07) is 0. The fraction of sp³-hybridized carbons (Fsp3) is 0.923. The number of hydrogen-bond donors (Lipinski definition) is 0. The van der Waals surface area contributed by atoms with E-state index in [1.807, 2.05) is 0 Å². The van der Waals surface area contributed by atoms with Gasteiger partial charge in [0.2, 0.25) is 0 Å². The van der Waals surface area contributed by atoms with Crippen molar-refractivity contribution in [1.29, 1.82) is 0 Å². The summed E-state index contributed by atoms with van der Waals surface area (Å²) in [6.45, 7) is 7.94. The minimum atomic E-state index is -0.478. The molecule has 250 valence electrons. The van der Waals surface area contributed by atoms with Crippen LogP contribution < -0.4 is 0 Å². The van der Waals surface area contributed by atoms with Crippen molar-refractivity contribution >= 4 is 6.16 Å². The molecule has 0 aliphatic heterocycles. The number of carbonyl (C=O) groups excluding carboxylic acids is 1. The van der Waals surface area contributed by atoms with Gasteiger partial charge in [0, 0.05) is 0 Å². The lowest BCUT2D eigenvalue weighted by molar-refractivity contribution is 0.0529. The van der Waals surface area contributed by atoms with Crippen molar-refractivity contribution in [3.63, 3.8) is 0 Å². The number of allylic oxidation sites excluding steroid dienone is 2. The average molecular weight is 593 g/mol. The SMILES string of the molecule is CCCCCCCCCCC=CCCCCCCCCOC(=O)OCCCCCCCCCCCCCCCC(C)C. The first-order valence-corrected chi connectivity index (χ1v) is 19.1. The molecule has 0 N–H and O–H groups in total. The van der Waals surface area contributed by atoms with E-state index in [9.17, 15) is 4.79 Å². The summed E-state index contributed by atoms with van der Waals surface area (Å²) in [6.07, 6.45) is 44.0. The smallest absolute Gasteiger partial charge is 0.434 e. The van der Waals surface area contributed by atoms with Crippen LogP contribution in [0, 0.1) is 5.92 Å². The molecular formula is C39H76O3. The van der Waals surface area contributed by atoms with Gasteiger partial charge in [-0.05, 0) is 44.4 Å². The highest BCUT2D eigenvalue weighted by Gasteiger charge is 2.03. The number of ether oxygens (including phenoxy) is 2. The zero-order chi connectivity index (χ0) is 30.6. The Kier molecular flexibility index (Phi) is 35.3. The van der Waals surface area contributed by atoms with E-state index < -0.39 is 6.16 Å². The molecule has 0 aromatic rings. The Balaban J connectivity index is 3.19. The lowest BCUT2D eigenvalue weighted by Crippen LogP contribution is -2.09. The lowest BCUT2D eigenvalue weighted by atomic mass is 10.0. The largest absolute Gasteiger partial charge is 0.508 e. The van der Waals surface area contributed by atoms with Gasteiger partial charge in [0.05, 0.1) is 13.2 Å². The minimum absolute atomic E-state index is 0.478. The molecule has 0 fully saturated rings. The fourth-order valence-corrected chi connectivity index (χ4v) is 5.65. The average Bonchev–Trinajstić information content (AvgIpc) is 2.98. The van der Waals surface area contributed by atoms with Crippen LogP contribution in [0.25, 0.3) is 0 Å². The van der Waals surface area contributed by atoms with Crippen molar-refractivity contribution in [2.45, 2.75) is 213 Å². The highest BCUT2D eigenvalue weighted by Crippen LogP contribution is 2.15. The summed E-state index contributed by atoms with van der Waals surface area (Å²) < 4.78 is 10.5. The van der Waals surface area contributed by atoms with Gasteiger partial charge in [-0.2, -0.15) is 0 Å². The summed E-state index contributed by atoms with van der Waals surface area (Å²) >= 11 is 0. The van der Waals surface area contributed by atoms with Gasteiger partial charge < -0.3 is 9.47 Å². The van der Waals surface area contributed by atoms with Crippen LogP contribution in [-0.2, 0) is 9.47 Å². The molecular weight excluding hydrogens is 516 g/mol. The van der Waals surface area contributed by atoms with E-state index in [1.165, 1.54) is 167 Å². The molecule has 0 radical (unpaired) electrons. The van der Waals surface area contributed by atoms with Crippen LogP contribution in [0.5, 0.6) is 0 Å². The normalized spacial score (nSPS) is 11.6. The third-order valence-electron chi connectivity index (χ3n) is 8.52. The molecule has 3 nitrogen and oxygen atoms in total. The Morgan fingerprint density at radius 3 is 1.12 bits per heavy atom. The van der Waals surface area contributed by atoms with Crippen LogP contribution in [0.3, 0.4) is 0 Å². The minimum Gasteiger partial charge on any atom is -0.434 e. The van der Waals surface area contributed by atoms with E-state index in [1.54, 1.807) is 0 Å². The molecule has 0 heterocycles. The second-order valence-electron chi connectivity index (χ2n) is 13.4. The van der Waals surface area contributed by atoms with Crippen LogP contribution in [0.1, 0.15) is 213 Å². The Bertz CT molecular complexity index is 542. The highest BCUT2D eigenvalue weighted by molar-refractivity contribution is 5.59. The second-order valence-corrected chi connectivity index (χ2v) is 13.4. The van der Waals surface area contributed by atoms with Crippen molar-refractivity contribution in [2.24, 2.45) is 5.92 Å². The number of unbranched alkanes of at least 4 members (excludes halogenated alkanes) is 26. The van der Waals surface area contributed by atoms with E-state index in [-0.39, 0.29) is 0 Å². The van der Waals surface area contributed by atoms with E-state index in [2.05, 4.69) is 32.9 Å². The van der Waals surface area contributed by atoms with Crippen LogP contribution in [0.4, 0.5) is 4.79 Å². The Morgan fingerprint density at radius 2 is 0.762 bits per heavy atom. The maximum Gasteiger partial charge on any atom is 0.508 e. The summed E-state index contributed by atoms with van der Waals surface area (Å²) in [5, 5.41) is 0. The Labute approximate surface area is 264 Å². The summed E-state index contributed by atoms with van der Waals surface area (Å²) in [4.78, 5) is 11.7. The monoisotopic (exact) mass is 593 g/mol. The topological polar surface area (TPSA) is 35.5 Å². The molecule has 0 bridgehead atoms. The van der Waals surface area contributed by atoms with Crippen LogP contribution in [-0.4, -0.2) is 19.4 Å². The maximum absolute atomic E-state index is 11.7. The molecule has 0 aliphatic rings. The van der Waals surface area contributed by atoms with E-state index >= 15 is 0 Å². The Hall–Kier alpha value is -0.990. The molecule has 0 amide bonds. The molecule has 0 aromatic carbocycles. The van der Waals surface area contributed by atoms with Crippen molar-refractivity contribution in [1.82, 2.24) is 0 Å². The third kappa shape index (κ3) is 37.0. The predicted molar refractivity (Wildman–Crippen MR) is 185 cm³/mol. The quantitative estimate of drug-likeness (QED) is 0.0423. The van der Waals surface area contributed by atoms with Crippen LogP contribution >= 0.6 is 0 Å². The zero-order valence-electron chi connectivity index (χ0n) is 29.1. The van der Waals surface area contributed by atoms with Crippen molar-refractivity contribution in [2.75, 3.05) is 13.2 Å². The summed E-state index contributed by atoms with van der Waals surface area (Å²) in [5.41, 5.74) is 0. The maximum atomic E-state index is 11.7. The second kappa shape index (κ2) is 36.2.